The van der Waals surface area contributed by atoms with Gasteiger partial charge in [-0.05, 0) is 6.42 Å². The summed E-state index contributed by atoms with van der Waals surface area (Å²) in [5.74, 6) is 0.279. The molecule has 0 radical (unpaired) electrons. The number of allylic oxidation sites excluding steroid dienone is 1. The molecule has 0 saturated carbocycles. The molecule has 0 aromatic carbocycles. The highest BCUT2D eigenvalue weighted by Crippen LogP contribution is 2.42. The van der Waals surface area contributed by atoms with Crippen LogP contribution in [0, 0.1) is 0 Å². The first-order valence-corrected chi connectivity index (χ1v) is 4.37. The molecule has 2 heterocycles. The van der Waals surface area contributed by atoms with Gasteiger partial charge in [0.2, 0.25) is 5.91 Å². The van der Waals surface area contributed by atoms with Gasteiger partial charge in [-0.3, -0.25) is 4.79 Å². The number of rotatable bonds is 1. The van der Waals surface area contributed by atoms with E-state index in [4.69, 9.17) is 0 Å². The first-order valence-electron chi connectivity index (χ1n) is 3.50. The Morgan fingerprint density at radius 2 is 2.70 bits per heavy atom. The van der Waals surface area contributed by atoms with E-state index in [1.807, 2.05) is 22.9 Å². The van der Waals surface area contributed by atoms with E-state index < -0.39 is 0 Å². The molecule has 0 spiro atoms. The van der Waals surface area contributed by atoms with Crippen LogP contribution in [0.25, 0.3) is 0 Å². The van der Waals surface area contributed by atoms with Gasteiger partial charge < -0.3 is 4.90 Å². The first-order chi connectivity index (χ1) is 4.81. The molecule has 2 rings (SSSR count). The van der Waals surface area contributed by atoms with Gasteiger partial charge in [-0.25, -0.2) is 0 Å². The van der Waals surface area contributed by atoms with Crippen molar-refractivity contribution in [3.63, 3.8) is 0 Å². The molecule has 1 saturated heterocycles. The van der Waals surface area contributed by atoms with E-state index in [0.29, 0.717) is 5.37 Å². The fraction of sp³-hybridized carbons (Fsp3) is 0.571. The van der Waals surface area contributed by atoms with E-state index in [0.717, 1.165) is 12.8 Å². The van der Waals surface area contributed by atoms with Crippen molar-refractivity contribution in [2.45, 2.75) is 25.1 Å². The van der Waals surface area contributed by atoms with E-state index >= 15 is 0 Å². The molecule has 3 heteroatoms. The standard InChI is InChI=1S/C7H9NOS/c1-2-5-4-8-6(9)3-7(8)10-5/h4,7H,2-3H2,1H3/t7-/m0/s1. The third kappa shape index (κ3) is 0.700. The Morgan fingerprint density at radius 3 is 3.20 bits per heavy atom. The topological polar surface area (TPSA) is 20.3 Å². The molecule has 1 fully saturated rings. The summed E-state index contributed by atoms with van der Waals surface area (Å²) < 4.78 is 0. The van der Waals surface area contributed by atoms with Crippen LogP contribution in [0.1, 0.15) is 19.8 Å². The zero-order chi connectivity index (χ0) is 7.14. The van der Waals surface area contributed by atoms with Crippen molar-refractivity contribution in [2.75, 3.05) is 0 Å². The molecule has 0 aromatic heterocycles. The number of carbonyl (C=O) groups excluding carboxylic acids is 1. The molecule has 0 bridgehead atoms. The highest BCUT2D eigenvalue weighted by atomic mass is 32.2. The lowest BCUT2D eigenvalue weighted by atomic mass is 10.2. The minimum absolute atomic E-state index is 0.279. The van der Waals surface area contributed by atoms with Crippen LogP contribution in [0.4, 0.5) is 0 Å². The van der Waals surface area contributed by atoms with Crippen LogP contribution in [0.15, 0.2) is 11.1 Å². The minimum atomic E-state index is 0.279. The summed E-state index contributed by atoms with van der Waals surface area (Å²) in [5.41, 5.74) is 0. The fourth-order valence-electron chi connectivity index (χ4n) is 1.19. The van der Waals surface area contributed by atoms with Crippen LogP contribution in [0.3, 0.4) is 0 Å². The van der Waals surface area contributed by atoms with Crippen LogP contribution < -0.4 is 0 Å². The number of amides is 1. The van der Waals surface area contributed by atoms with Gasteiger partial charge in [-0.2, -0.15) is 0 Å². The lowest BCUT2D eigenvalue weighted by Gasteiger charge is -2.31. The van der Waals surface area contributed by atoms with Crippen molar-refractivity contribution in [1.82, 2.24) is 4.90 Å². The highest BCUT2D eigenvalue weighted by Gasteiger charge is 2.39. The van der Waals surface area contributed by atoms with Crippen molar-refractivity contribution in [1.29, 1.82) is 0 Å². The Morgan fingerprint density at radius 1 is 1.90 bits per heavy atom. The predicted molar refractivity (Wildman–Crippen MR) is 41.2 cm³/mol. The van der Waals surface area contributed by atoms with E-state index in [2.05, 4.69) is 6.92 Å². The summed E-state index contributed by atoms with van der Waals surface area (Å²) in [6.45, 7) is 2.12. The smallest absolute Gasteiger partial charge is 0.230 e. The van der Waals surface area contributed by atoms with Gasteiger partial charge >= 0.3 is 0 Å². The zero-order valence-electron chi connectivity index (χ0n) is 5.83. The van der Waals surface area contributed by atoms with Gasteiger partial charge in [-0.15, -0.1) is 11.8 Å². The molecular formula is C7H9NOS. The molecule has 54 valence electrons. The molecular weight excluding hydrogens is 146 g/mol. The maximum atomic E-state index is 10.8. The number of nitrogens with zero attached hydrogens (tertiary/aromatic N) is 1. The highest BCUT2D eigenvalue weighted by molar-refractivity contribution is 8.04. The summed E-state index contributed by atoms with van der Waals surface area (Å²) in [5, 5.41) is 0.461. The molecule has 10 heavy (non-hydrogen) atoms. The Bertz CT molecular complexity index is 212. The molecule has 0 unspecified atom stereocenters. The summed E-state index contributed by atoms with van der Waals surface area (Å²) in [7, 11) is 0. The van der Waals surface area contributed by atoms with E-state index in [1.54, 1.807) is 0 Å². The largest absolute Gasteiger partial charge is 0.305 e. The average molecular weight is 155 g/mol. The maximum absolute atomic E-state index is 10.8. The van der Waals surface area contributed by atoms with Gasteiger partial charge in [0, 0.05) is 11.1 Å². The van der Waals surface area contributed by atoms with Gasteiger partial charge in [0.1, 0.15) is 0 Å². The van der Waals surface area contributed by atoms with Gasteiger partial charge in [0.25, 0.3) is 0 Å². The Hall–Kier alpha value is -0.440. The molecule has 0 aliphatic carbocycles. The second-order valence-electron chi connectivity index (χ2n) is 2.53. The molecule has 2 aliphatic heterocycles. The predicted octanol–water partition coefficient (Wildman–Crippen LogP) is 1.54. The quantitative estimate of drug-likeness (QED) is 0.535. The Labute approximate surface area is 64.3 Å². The van der Waals surface area contributed by atoms with Crippen molar-refractivity contribution in [3.05, 3.63) is 11.1 Å². The fourth-order valence-corrected chi connectivity index (χ4v) is 2.40. The third-order valence-electron chi connectivity index (χ3n) is 1.87. The SMILES string of the molecule is CCC1=CN2C(=O)C[C@@H]2S1. The van der Waals surface area contributed by atoms with Crippen molar-refractivity contribution in [3.8, 4) is 0 Å². The number of thioether (sulfide) groups is 1. The van der Waals surface area contributed by atoms with E-state index in [-0.39, 0.29) is 5.91 Å². The van der Waals surface area contributed by atoms with Gasteiger partial charge in [0.05, 0.1) is 11.8 Å². The summed E-state index contributed by atoms with van der Waals surface area (Å²) in [4.78, 5) is 14.0. The van der Waals surface area contributed by atoms with Crippen molar-refractivity contribution in [2.24, 2.45) is 0 Å². The number of hydrogen-bond donors (Lipinski definition) is 0. The lowest BCUT2D eigenvalue weighted by molar-refractivity contribution is -0.137. The average Bonchev–Trinajstić information content (AvgIpc) is 2.26. The van der Waals surface area contributed by atoms with Crippen LogP contribution in [-0.2, 0) is 4.79 Å². The molecule has 2 aliphatic rings. The first kappa shape index (κ1) is 6.28. The molecule has 2 nitrogen and oxygen atoms in total. The molecule has 1 amide bonds. The van der Waals surface area contributed by atoms with Crippen molar-refractivity contribution < 1.29 is 4.79 Å². The summed E-state index contributed by atoms with van der Waals surface area (Å²) in [6, 6.07) is 0. The van der Waals surface area contributed by atoms with E-state index in [1.165, 1.54) is 4.91 Å². The van der Waals surface area contributed by atoms with E-state index in [9.17, 15) is 4.79 Å². The molecule has 0 N–H and O–H groups in total. The van der Waals surface area contributed by atoms with Crippen LogP contribution in [0.2, 0.25) is 0 Å². The monoisotopic (exact) mass is 155 g/mol. The number of carbonyl (C=O) groups is 1. The lowest BCUT2D eigenvalue weighted by Crippen LogP contribution is -2.44. The second-order valence-corrected chi connectivity index (χ2v) is 3.83. The number of β-lactam (4-membered cyclic amide) rings is 1. The molecule has 1 atom stereocenters. The number of fused-ring (bicyclic) bond motifs is 1. The van der Waals surface area contributed by atoms with Crippen LogP contribution >= 0.6 is 11.8 Å². The minimum Gasteiger partial charge on any atom is -0.305 e. The van der Waals surface area contributed by atoms with Crippen molar-refractivity contribution >= 4 is 17.7 Å². The van der Waals surface area contributed by atoms with Gasteiger partial charge in [-0.1, -0.05) is 6.92 Å². The second kappa shape index (κ2) is 2.02. The third-order valence-corrected chi connectivity index (χ3v) is 3.23. The molecule has 0 aromatic rings. The Kier molecular flexibility index (Phi) is 1.27. The van der Waals surface area contributed by atoms with Gasteiger partial charge in [0.15, 0.2) is 0 Å². The zero-order valence-corrected chi connectivity index (χ0v) is 6.65. The summed E-state index contributed by atoms with van der Waals surface area (Å²) >= 11 is 1.83. The Balaban J connectivity index is 2.12. The van der Waals surface area contributed by atoms with Crippen LogP contribution in [-0.4, -0.2) is 16.2 Å². The normalized spacial score (nSPS) is 29.7. The summed E-state index contributed by atoms with van der Waals surface area (Å²) in [6.07, 6.45) is 3.79. The maximum Gasteiger partial charge on any atom is 0.230 e. The number of hydrogen-bond acceptors (Lipinski definition) is 2. The van der Waals surface area contributed by atoms with Crippen LogP contribution in [0.5, 0.6) is 0 Å².